The molecule has 2 aromatic heterocycles. The van der Waals surface area contributed by atoms with E-state index in [9.17, 15) is 9.18 Å². The van der Waals surface area contributed by atoms with Gasteiger partial charge in [-0.15, -0.1) is 0 Å². The highest BCUT2D eigenvalue weighted by atomic mass is 19.1. The summed E-state index contributed by atoms with van der Waals surface area (Å²) in [4.78, 5) is 23.4. The Morgan fingerprint density at radius 1 is 1.34 bits per heavy atom. The zero-order valence-electron chi connectivity index (χ0n) is 16.2. The number of hydrogen-bond acceptors (Lipinski definition) is 6. The number of rotatable bonds is 6. The Kier molecular flexibility index (Phi) is 5.39. The standard InChI is InChI=1S/C20H23FN6O2/c1-13(29-16-5-3-2-4-15(16)21)20(28)26-10-6-14(12-26)17-18-19(24-9-8-23-18)27(25-17)11-7-22/h2-5,8-9,13-14H,6-7,10-12,22H2,1H3/t13-,14-/m0/s1. The van der Waals surface area contributed by atoms with E-state index < -0.39 is 11.9 Å². The highest BCUT2D eigenvalue weighted by Crippen LogP contribution is 2.31. The Morgan fingerprint density at radius 3 is 2.93 bits per heavy atom. The molecule has 1 fully saturated rings. The lowest BCUT2D eigenvalue weighted by molar-refractivity contribution is -0.136. The number of aromatic nitrogens is 4. The third-order valence-electron chi connectivity index (χ3n) is 5.11. The predicted octanol–water partition coefficient (Wildman–Crippen LogP) is 1.71. The predicted molar refractivity (Wildman–Crippen MR) is 105 cm³/mol. The fraction of sp³-hybridized carbons (Fsp3) is 0.400. The lowest BCUT2D eigenvalue weighted by atomic mass is 10.0. The van der Waals surface area contributed by atoms with Crippen molar-refractivity contribution in [2.24, 2.45) is 5.73 Å². The van der Waals surface area contributed by atoms with Crippen molar-refractivity contribution in [3.8, 4) is 5.75 Å². The van der Waals surface area contributed by atoms with E-state index in [0.717, 1.165) is 17.6 Å². The molecule has 0 radical (unpaired) electrons. The van der Waals surface area contributed by atoms with Crippen LogP contribution in [0.3, 0.4) is 0 Å². The molecule has 1 aliphatic rings. The molecule has 1 amide bonds. The highest BCUT2D eigenvalue weighted by molar-refractivity contribution is 5.81. The van der Waals surface area contributed by atoms with Crippen molar-refractivity contribution < 1.29 is 13.9 Å². The Balaban J connectivity index is 1.48. The molecule has 1 aliphatic heterocycles. The topological polar surface area (TPSA) is 99.2 Å². The quantitative estimate of drug-likeness (QED) is 0.679. The van der Waals surface area contributed by atoms with Crippen molar-refractivity contribution in [2.75, 3.05) is 19.6 Å². The number of likely N-dealkylation sites (tertiary alicyclic amines) is 1. The van der Waals surface area contributed by atoms with E-state index in [1.54, 1.807) is 41.0 Å². The Bertz CT molecular complexity index is 1020. The number of halogens is 1. The number of nitrogens with zero attached hydrogens (tertiary/aromatic N) is 5. The molecule has 2 N–H and O–H groups in total. The van der Waals surface area contributed by atoms with Gasteiger partial charge in [0, 0.05) is 37.9 Å². The van der Waals surface area contributed by atoms with Gasteiger partial charge in [-0.05, 0) is 25.5 Å². The van der Waals surface area contributed by atoms with Crippen LogP contribution in [-0.4, -0.2) is 56.3 Å². The minimum Gasteiger partial charge on any atom is -0.478 e. The molecular weight excluding hydrogens is 375 g/mol. The van der Waals surface area contributed by atoms with Gasteiger partial charge < -0.3 is 15.4 Å². The number of carbonyl (C=O) groups excluding carboxylic acids is 1. The summed E-state index contributed by atoms with van der Waals surface area (Å²) in [5, 5.41) is 4.67. The number of hydrogen-bond donors (Lipinski definition) is 1. The fourth-order valence-electron chi connectivity index (χ4n) is 3.70. The average Bonchev–Trinajstić information content (AvgIpc) is 3.35. The molecular formula is C20H23FN6O2. The van der Waals surface area contributed by atoms with Gasteiger partial charge in [0.15, 0.2) is 23.3 Å². The third kappa shape index (κ3) is 3.77. The second-order valence-corrected chi connectivity index (χ2v) is 7.09. The van der Waals surface area contributed by atoms with Crippen molar-refractivity contribution in [1.82, 2.24) is 24.6 Å². The summed E-state index contributed by atoms with van der Waals surface area (Å²) >= 11 is 0. The average molecular weight is 398 g/mol. The van der Waals surface area contributed by atoms with Crippen LogP contribution >= 0.6 is 0 Å². The van der Waals surface area contributed by atoms with Gasteiger partial charge in [0.25, 0.3) is 5.91 Å². The van der Waals surface area contributed by atoms with E-state index in [0.29, 0.717) is 31.8 Å². The minimum absolute atomic E-state index is 0.0536. The maximum atomic E-state index is 13.8. The molecule has 0 spiro atoms. The molecule has 0 unspecified atom stereocenters. The number of nitrogens with two attached hydrogens (primary N) is 1. The van der Waals surface area contributed by atoms with Crippen LogP contribution < -0.4 is 10.5 Å². The van der Waals surface area contributed by atoms with Crippen LogP contribution in [0.1, 0.15) is 25.0 Å². The van der Waals surface area contributed by atoms with Gasteiger partial charge in [-0.3, -0.25) is 4.79 Å². The second kappa shape index (κ2) is 8.12. The molecule has 1 saturated heterocycles. The summed E-state index contributed by atoms with van der Waals surface area (Å²) in [6, 6.07) is 6.07. The van der Waals surface area contributed by atoms with Gasteiger partial charge in [-0.25, -0.2) is 19.0 Å². The SMILES string of the molecule is C[C@H](Oc1ccccc1F)C(=O)N1CC[C@H](c2nn(CCN)c3nccnc23)C1. The van der Waals surface area contributed by atoms with Crippen molar-refractivity contribution in [3.05, 3.63) is 48.2 Å². The molecule has 29 heavy (non-hydrogen) atoms. The largest absolute Gasteiger partial charge is 0.478 e. The molecule has 3 heterocycles. The molecule has 152 valence electrons. The van der Waals surface area contributed by atoms with Crippen LogP contribution in [0.4, 0.5) is 4.39 Å². The van der Waals surface area contributed by atoms with Crippen LogP contribution in [0.5, 0.6) is 5.75 Å². The highest BCUT2D eigenvalue weighted by Gasteiger charge is 2.33. The van der Waals surface area contributed by atoms with Crippen molar-refractivity contribution in [2.45, 2.75) is 31.9 Å². The van der Waals surface area contributed by atoms with Gasteiger partial charge in [-0.1, -0.05) is 12.1 Å². The van der Waals surface area contributed by atoms with Crippen molar-refractivity contribution >= 4 is 17.1 Å². The molecule has 3 aromatic rings. The van der Waals surface area contributed by atoms with E-state index >= 15 is 0 Å². The van der Waals surface area contributed by atoms with Gasteiger partial charge >= 0.3 is 0 Å². The Morgan fingerprint density at radius 2 is 2.14 bits per heavy atom. The number of para-hydroxylation sites is 1. The van der Waals surface area contributed by atoms with Gasteiger partial charge in [-0.2, -0.15) is 5.10 Å². The second-order valence-electron chi connectivity index (χ2n) is 7.09. The summed E-state index contributed by atoms with van der Waals surface area (Å²) in [5.41, 5.74) is 7.96. The molecule has 8 nitrogen and oxygen atoms in total. The summed E-state index contributed by atoms with van der Waals surface area (Å²) in [6.45, 7) is 3.74. The smallest absolute Gasteiger partial charge is 0.263 e. The zero-order valence-corrected chi connectivity index (χ0v) is 16.2. The third-order valence-corrected chi connectivity index (χ3v) is 5.11. The monoisotopic (exact) mass is 398 g/mol. The van der Waals surface area contributed by atoms with E-state index in [1.165, 1.54) is 12.1 Å². The normalized spacial score (nSPS) is 17.6. The van der Waals surface area contributed by atoms with Crippen molar-refractivity contribution in [3.63, 3.8) is 0 Å². The summed E-state index contributed by atoms with van der Waals surface area (Å²) < 4.78 is 21.1. The molecule has 4 rings (SSSR count). The maximum absolute atomic E-state index is 13.8. The Hall–Kier alpha value is -3.07. The lowest BCUT2D eigenvalue weighted by Crippen LogP contribution is -2.39. The number of amides is 1. The van der Waals surface area contributed by atoms with Crippen molar-refractivity contribution in [1.29, 1.82) is 0 Å². The van der Waals surface area contributed by atoms with Crippen LogP contribution in [-0.2, 0) is 11.3 Å². The first-order valence-corrected chi connectivity index (χ1v) is 9.66. The van der Waals surface area contributed by atoms with Crippen LogP contribution in [0.2, 0.25) is 0 Å². The molecule has 9 heteroatoms. The van der Waals surface area contributed by atoms with E-state index in [1.807, 2.05) is 0 Å². The number of ether oxygens (including phenoxy) is 1. The van der Waals surface area contributed by atoms with E-state index in [4.69, 9.17) is 10.5 Å². The first-order valence-electron chi connectivity index (χ1n) is 9.66. The van der Waals surface area contributed by atoms with E-state index in [2.05, 4.69) is 15.1 Å². The zero-order chi connectivity index (χ0) is 20.4. The lowest BCUT2D eigenvalue weighted by Gasteiger charge is -2.21. The van der Waals surface area contributed by atoms with Gasteiger partial charge in [0.05, 0.1) is 12.2 Å². The Labute approximate surface area is 167 Å². The van der Waals surface area contributed by atoms with Crippen LogP contribution in [0, 0.1) is 5.82 Å². The van der Waals surface area contributed by atoms with E-state index in [-0.39, 0.29) is 17.6 Å². The number of benzene rings is 1. The first kappa shape index (κ1) is 19.3. The summed E-state index contributed by atoms with van der Waals surface area (Å²) in [5.74, 6) is -0.529. The molecule has 0 aliphatic carbocycles. The minimum atomic E-state index is -0.781. The maximum Gasteiger partial charge on any atom is 0.263 e. The molecule has 0 bridgehead atoms. The fourth-order valence-corrected chi connectivity index (χ4v) is 3.70. The first-order chi connectivity index (χ1) is 14.1. The van der Waals surface area contributed by atoms with Crippen LogP contribution in [0.15, 0.2) is 36.7 Å². The molecule has 2 atom stereocenters. The van der Waals surface area contributed by atoms with Crippen LogP contribution in [0.25, 0.3) is 11.2 Å². The molecule has 0 saturated carbocycles. The summed E-state index contributed by atoms with van der Waals surface area (Å²) in [6.07, 6.45) is 3.26. The molecule has 1 aromatic carbocycles. The van der Waals surface area contributed by atoms with Gasteiger partial charge in [0.2, 0.25) is 0 Å². The summed E-state index contributed by atoms with van der Waals surface area (Å²) in [7, 11) is 0. The number of carbonyl (C=O) groups is 1. The number of fused-ring (bicyclic) bond motifs is 1. The van der Waals surface area contributed by atoms with Gasteiger partial charge in [0.1, 0.15) is 5.52 Å².